The van der Waals surface area contributed by atoms with E-state index in [0.29, 0.717) is 16.8 Å². The topological polar surface area (TPSA) is 52.7 Å². The van der Waals surface area contributed by atoms with Crippen LogP contribution in [0.4, 0.5) is 17.1 Å². The number of nitrogens with one attached hydrogen (secondary N) is 1. The zero-order chi connectivity index (χ0) is 22.7. The number of imide groups is 1. The number of rotatable bonds is 7. The van der Waals surface area contributed by atoms with Crippen LogP contribution in [0, 0.1) is 6.92 Å². The van der Waals surface area contributed by atoms with Crippen molar-refractivity contribution in [2.24, 2.45) is 0 Å². The van der Waals surface area contributed by atoms with Gasteiger partial charge in [-0.1, -0.05) is 48.0 Å². The van der Waals surface area contributed by atoms with E-state index in [1.807, 2.05) is 73.7 Å². The maximum atomic E-state index is 13.4. The summed E-state index contributed by atoms with van der Waals surface area (Å²) in [7, 11) is 0. The van der Waals surface area contributed by atoms with Gasteiger partial charge in [-0.3, -0.25) is 9.59 Å². The van der Waals surface area contributed by atoms with E-state index in [2.05, 4.69) is 24.1 Å². The van der Waals surface area contributed by atoms with Gasteiger partial charge in [-0.2, -0.15) is 0 Å². The lowest BCUT2D eigenvalue weighted by molar-refractivity contribution is -0.120. The molecule has 0 aromatic heterocycles. The predicted molar refractivity (Wildman–Crippen MR) is 131 cm³/mol. The molecule has 0 radical (unpaired) electrons. The van der Waals surface area contributed by atoms with Crippen LogP contribution in [0.1, 0.15) is 25.0 Å². The Kier molecular flexibility index (Phi) is 6.08. The normalized spacial score (nSPS) is 13.7. The first-order chi connectivity index (χ1) is 15.5. The fourth-order valence-corrected chi connectivity index (χ4v) is 3.94. The van der Waals surface area contributed by atoms with Gasteiger partial charge in [0.25, 0.3) is 11.8 Å². The molecule has 162 valence electrons. The van der Waals surface area contributed by atoms with Crippen LogP contribution in [0.5, 0.6) is 0 Å². The van der Waals surface area contributed by atoms with Crippen molar-refractivity contribution >= 4 is 34.4 Å². The van der Waals surface area contributed by atoms with E-state index in [4.69, 9.17) is 0 Å². The number of benzene rings is 3. The number of nitrogens with zero attached hydrogens (tertiary/aromatic N) is 2. The second-order valence-corrected chi connectivity index (χ2v) is 7.74. The second kappa shape index (κ2) is 9.10. The van der Waals surface area contributed by atoms with E-state index >= 15 is 0 Å². The first-order valence-corrected chi connectivity index (χ1v) is 10.9. The molecule has 4 rings (SSSR count). The zero-order valence-electron chi connectivity index (χ0n) is 18.6. The van der Waals surface area contributed by atoms with Crippen molar-refractivity contribution in [3.63, 3.8) is 0 Å². The Labute approximate surface area is 189 Å². The summed E-state index contributed by atoms with van der Waals surface area (Å²) in [6.45, 7) is 8.06. The molecule has 0 saturated carbocycles. The number of hydrogen-bond acceptors (Lipinski definition) is 4. The molecule has 0 bridgehead atoms. The van der Waals surface area contributed by atoms with E-state index in [0.717, 1.165) is 30.0 Å². The molecular weight excluding hydrogens is 398 g/mol. The number of aryl methyl sites for hydroxylation is 1. The summed E-state index contributed by atoms with van der Waals surface area (Å²) in [5.74, 6) is -0.683. The molecule has 0 atom stereocenters. The highest BCUT2D eigenvalue weighted by Crippen LogP contribution is 2.34. The average Bonchev–Trinajstić information content (AvgIpc) is 3.06. The minimum Gasteiger partial charge on any atom is -0.372 e. The van der Waals surface area contributed by atoms with Crippen molar-refractivity contribution < 1.29 is 9.59 Å². The van der Waals surface area contributed by atoms with Crippen molar-refractivity contribution in [3.05, 3.63) is 95.7 Å². The molecule has 1 N–H and O–H groups in total. The molecule has 3 aromatic rings. The molecule has 0 saturated heterocycles. The van der Waals surface area contributed by atoms with Crippen LogP contribution in [-0.2, 0) is 9.59 Å². The third-order valence-electron chi connectivity index (χ3n) is 5.70. The maximum absolute atomic E-state index is 13.4. The first-order valence-electron chi connectivity index (χ1n) is 10.9. The van der Waals surface area contributed by atoms with Crippen molar-refractivity contribution in [1.82, 2.24) is 0 Å². The number of anilines is 3. The lowest BCUT2D eigenvalue weighted by atomic mass is 10.0. The second-order valence-electron chi connectivity index (χ2n) is 7.74. The van der Waals surface area contributed by atoms with Crippen LogP contribution in [-0.4, -0.2) is 24.9 Å². The molecule has 32 heavy (non-hydrogen) atoms. The first kappa shape index (κ1) is 21.4. The monoisotopic (exact) mass is 425 g/mol. The Balaban J connectivity index is 1.72. The van der Waals surface area contributed by atoms with Crippen molar-refractivity contribution in [2.75, 3.05) is 28.2 Å². The summed E-state index contributed by atoms with van der Waals surface area (Å²) in [5, 5.41) is 3.23. The summed E-state index contributed by atoms with van der Waals surface area (Å²) >= 11 is 0. The molecule has 0 spiro atoms. The molecule has 0 fully saturated rings. The third-order valence-corrected chi connectivity index (χ3v) is 5.70. The SMILES string of the molecule is CCN(CC)c1ccc(NC2=C(c3ccccc3)C(=O)N(c3ccc(C)cc3)C2=O)cc1. The van der Waals surface area contributed by atoms with Gasteiger partial charge in [0.15, 0.2) is 0 Å². The molecule has 2 amide bonds. The number of amides is 2. The van der Waals surface area contributed by atoms with Crippen molar-refractivity contribution in [3.8, 4) is 0 Å². The van der Waals surface area contributed by atoms with Crippen LogP contribution < -0.4 is 15.1 Å². The molecule has 1 heterocycles. The van der Waals surface area contributed by atoms with Gasteiger partial charge in [0.05, 0.1) is 11.3 Å². The molecule has 1 aliphatic rings. The van der Waals surface area contributed by atoms with Gasteiger partial charge < -0.3 is 10.2 Å². The van der Waals surface area contributed by atoms with E-state index < -0.39 is 0 Å². The number of carbonyl (C=O) groups is 2. The summed E-state index contributed by atoms with van der Waals surface area (Å²) in [6, 6.07) is 24.7. The van der Waals surface area contributed by atoms with Crippen LogP contribution in [0.3, 0.4) is 0 Å². The zero-order valence-corrected chi connectivity index (χ0v) is 18.6. The van der Waals surface area contributed by atoms with E-state index in [9.17, 15) is 9.59 Å². The molecular formula is C27H27N3O2. The minimum absolute atomic E-state index is 0.289. The highest BCUT2D eigenvalue weighted by Gasteiger charge is 2.40. The summed E-state index contributed by atoms with van der Waals surface area (Å²) in [4.78, 5) is 30.4. The van der Waals surface area contributed by atoms with E-state index in [-0.39, 0.29) is 17.5 Å². The van der Waals surface area contributed by atoms with Crippen LogP contribution in [0.15, 0.2) is 84.6 Å². The standard InChI is InChI=1S/C27H27N3O2/c1-4-29(5-2)22-17-13-21(14-18-22)28-25-24(20-9-7-6-8-10-20)26(31)30(27(25)32)23-15-11-19(3)12-16-23/h6-18,28H,4-5H2,1-3H3. The molecule has 0 unspecified atom stereocenters. The van der Waals surface area contributed by atoms with E-state index in [1.165, 1.54) is 4.90 Å². The smallest absolute Gasteiger partial charge is 0.282 e. The summed E-state index contributed by atoms with van der Waals surface area (Å²) in [6.07, 6.45) is 0. The Morgan fingerprint density at radius 3 is 2.00 bits per heavy atom. The third kappa shape index (κ3) is 4.02. The van der Waals surface area contributed by atoms with Crippen molar-refractivity contribution in [2.45, 2.75) is 20.8 Å². The fourth-order valence-electron chi connectivity index (χ4n) is 3.94. The van der Waals surface area contributed by atoms with Gasteiger partial charge in [-0.15, -0.1) is 0 Å². The van der Waals surface area contributed by atoms with Crippen LogP contribution >= 0.6 is 0 Å². The van der Waals surface area contributed by atoms with Crippen LogP contribution in [0.25, 0.3) is 5.57 Å². The largest absolute Gasteiger partial charge is 0.372 e. The van der Waals surface area contributed by atoms with Gasteiger partial charge in [0.1, 0.15) is 5.70 Å². The maximum Gasteiger partial charge on any atom is 0.282 e. The Morgan fingerprint density at radius 2 is 1.41 bits per heavy atom. The molecule has 5 heteroatoms. The lowest BCUT2D eigenvalue weighted by Gasteiger charge is -2.21. The summed E-state index contributed by atoms with van der Waals surface area (Å²) in [5.41, 5.74) is 4.89. The quantitative estimate of drug-likeness (QED) is 0.526. The average molecular weight is 426 g/mol. The Hall–Kier alpha value is -3.86. The van der Waals surface area contributed by atoms with Crippen LogP contribution in [0.2, 0.25) is 0 Å². The van der Waals surface area contributed by atoms with Gasteiger partial charge in [-0.25, -0.2) is 4.90 Å². The lowest BCUT2D eigenvalue weighted by Crippen LogP contribution is -2.32. The predicted octanol–water partition coefficient (Wildman–Crippen LogP) is 5.24. The molecule has 0 aliphatic carbocycles. The molecule has 1 aliphatic heterocycles. The Morgan fingerprint density at radius 1 is 0.781 bits per heavy atom. The highest BCUT2D eigenvalue weighted by atomic mass is 16.2. The Bertz CT molecular complexity index is 1150. The van der Waals surface area contributed by atoms with Gasteiger partial charge in [-0.05, 0) is 62.7 Å². The number of carbonyl (C=O) groups excluding carboxylic acids is 2. The van der Waals surface area contributed by atoms with E-state index in [1.54, 1.807) is 12.1 Å². The minimum atomic E-state index is -0.356. The molecule has 3 aromatic carbocycles. The van der Waals surface area contributed by atoms with Gasteiger partial charge in [0, 0.05) is 24.5 Å². The fraction of sp³-hybridized carbons (Fsp3) is 0.185. The molecule has 5 nitrogen and oxygen atoms in total. The van der Waals surface area contributed by atoms with Gasteiger partial charge in [0.2, 0.25) is 0 Å². The van der Waals surface area contributed by atoms with Crippen molar-refractivity contribution in [1.29, 1.82) is 0 Å². The highest BCUT2D eigenvalue weighted by molar-refractivity contribution is 6.46. The summed E-state index contributed by atoms with van der Waals surface area (Å²) < 4.78 is 0. The number of hydrogen-bond donors (Lipinski definition) is 1. The van der Waals surface area contributed by atoms with Gasteiger partial charge >= 0.3 is 0 Å².